The summed E-state index contributed by atoms with van der Waals surface area (Å²) in [5, 5.41) is 12.2. The van der Waals surface area contributed by atoms with Gasteiger partial charge in [-0.15, -0.1) is 5.10 Å². The molecule has 0 aliphatic rings. The molecule has 0 saturated carbocycles. The number of nitrogens with zero attached hydrogens (tertiary/aromatic N) is 3. The van der Waals surface area contributed by atoms with Crippen LogP contribution in [0.5, 0.6) is 5.88 Å². The summed E-state index contributed by atoms with van der Waals surface area (Å²) in [6, 6.07) is 12.3. The standard InChI is InChI=1S/C21H19FN6O2/c1-13(15-7-3-2-4-8-15)25-21(29)26-19-17(22)18-16(11-24-19)20(28-27-18)30-12-14-6-5-9-23-10-14/h2-11,13H,12H2,1H3,(H,27,28)(H2,24,25,26,29). The highest BCUT2D eigenvalue weighted by Gasteiger charge is 2.18. The maximum Gasteiger partial charge on any atom is 0.320 e. The molecule has 30 heavy (non-hydrogen) atoms. The highest BCUT2D eigenvalue weighted by atomic mass is 19.1. The molecular formula is C21H19FN6O2. The predicted molar refractivity (Wildman–Crippen MR) is 109 cm³/mol. The van der Waals surface area contributed by atoms with Gasteiger partial charge in [-0.05, 0) is 18.6 Å². The molecule has 4 aromatic rings. The van der Waals surface area contributed by atoms with Gasteiger partial charge >= 0.3 is 6.03 Å². The number of rotatable bonds is 6. The SMILES string of the molecule is CC(NC(=O)Nc1ncc2c(OCc3cccnc3)n[nH]c2c1F)c1ccccc1. The molecule has 0 fully saturated rings. The topological polar surface area (TPSA) is 105 Å². The van der Waals surface area contributed by atoms with Crippen molar-refractivity contribution in [3.8, 4) is 5.88 Å². The minimum absolute atomic E-state index is 0.0950. The number of anilines is 1. The van der Waals surface area contributed by atoms with Crippen molar-refractivity contribution in [2.24, 2.45) is 0 Å². The van der Waals surface area contributed by atoms with Crippen molar-refractivity contribution in [2.75, 3.05) is 5.32 Å². The van der Waals surface area contributed by atoms with Crippen molar-refractivity contribution in [1.82, 2.24) is 25.5 Å². The molecule has 0 bridgehead atoms. The molecule has 9 heteroatoms. The number of benzene rings is 1. The molecule has 3 heterocycles. The summed E-state index contributed by atoms with van der Waals surface area (Å²) in [4.78, 5) is 20.3. The zero-order chi connectivity index (χ0) is 20.9. The van der Waals surface area contributed by atoms with E-state index in [9.17, 15) is 9.18 Å². The molecule has 0 saturated heterocycles. The van der Waals surface area contributed by atoms with Crippen molar-refractivity contribution in [2.45, 2.75) is 19.6 Å². The number of aromatic nitrogens is 4. The van der Waals surface area contributed by atoms with Gasteiger partial charge in [0.2, 0.25) is 5.88 Å². The number of carbonyl (C=O) groups excluding carboxylic acids is 1. The van der Waals surface area contributed by atoms with E-state index in [2.05, 4.69) is 30.8 Å². The second kappa shape index (κ2) is 8.56. The number of amides is 2. The van der Waals surface area contributed by atoms with Gasteiger partial charge in [-0.25, -0.2) is 14.2 Å². The summed E-state index contributed by atoms with van der Waals surface area (Å²) < 4.78 is 20.5. The van der Waals surface area contributed by atoms with Gasteiger partial charge in [0.15, 0.2) is 11.6 Å². The Morgan fingerprint density at radius 2 is 2.03 bits per heavy atom. The van der Waals surface area contributed by atoms with Gasteiger partial charge in [0.25, 0.3) is 0 Å². The van der Waals surface area contributed by atoms with Crippen LogP contribution in [0.1, 0.15) is 24.1 Å². The molecule has 2 amide bonds. The van der Waals surface area contributed by atoms with Gasteiger partial charge in [0.1, 0.15) is 12.1 Å². The first-order valence-electron chi connectivity index (χ1n) is 9.28. The fraction of sp³-hybridized carbons (Fsp3) is 0.143. The van der Waals surface area contributed by atoms with Crippen LogP contribution < -0.4 is 15.4 Å². The summed E-state index contributed by atoms with van der Waals surface area (Å²) >= 11 is 0. The van der Waals surface area contributed by atoms with Crippen molar-refractivity contribution >= 4 is 22.8 Å². The van der Waals surface area contributed by atoms with Gasteiger partial charge < -0.3 is 10.1 Å². The number of hydrogen-bond acceptors (Lipinski definition) is 5. The molecule has 0 spiro atoms. The third-order valence-corrected chi connectivity index (χ3v) is 4.50. The molecule has 0 aliphatic carbocycles. The van der Waals surface area contributed by atoms with Crippen molar-refractivity contribution < 1.29 is 13.9 Å². The number of urea groups is 1. The van der Waals surface area contributed by atoms with Crippen LogP contribution >= 0.6 is 0 Å². The molecule has 152 valence electrons. The Labute approximate surface area is 171 Å². The normalized spacial score (nSPS) is 11.8. The minimum Gasteiger partial charge on any atom is -0.471 e. The first-order valence-corrected chi connectivity index (χ1v) is 9.28. The van der Waals surface area contributed by atoms with Crippen LogP contribution in [0.3, 0.4) is 0 Å². The summed E-state index contributed by atoms with van der Waals surface area (Å²) in [6.07, 6.45) is 4.74. The Morgan fingerprint density at radius 1 is 1.20 bits per heavy atom. The Balaban J connectivity index is 1.45. The van der Waals surface area contributed by atoms with E-state index in [4.69, 9.17) is 4.74 Å². The van der Waals surface area contributed by atoms with Gasteiger partial charge in [0, 0.05) is 24.2 Å². The van der Waals surface area contributed by atoms with E-state index in [1.807, 2.05) is 43.3 Å². The molecular weight excluding hydrogens is 387 g/mol. The molecule has 8 nitrogen and oxygen atoms in total. The summed E-state index contributed by atoms with van der Waals surface area (Å²) in [5.74, 6) is -0.713. The smallest absolute Gasteiger partial charge is 0.320 e. The lowest BCUT2D eigenvalue weighted by atomic mass is 10.1. The largest absolute Gasteiger partial charge is 0.471 e. The van der Waals surface area contributed by atoms with E-state index in [1.165, 1.54) is 6.20 Å². The number of nitrogens with one attached hydrogen (secondary N) is 3. The molecule has 3 N–H and O–H groups in total. The number of ether oxygens (including phenoxy) is 1. The monoisotopic (exact) mass is 406 g/mol. The molecule has 0 radical (unpaired) electrons. The zero-order valence-electron chi connectivity index (χ0n) is 16.1. The zero-order valence-corrected chi connectivity index (χ0v) is 16.1. The number of pyridine rings is 2. The maximum absolute atomic E-state index is 14.8. The highest BCUT2D eigenvalue weighted by molar-refractivity contribution is 5.92. The lowest BCUT2D eigenvalue weighted by Crippen LogP contribution is -2.31. The van der Waals surface area contributed by atoms with E-state index in [0.29, 0.717) is 5.39 Å². The fourth-order valence-corrected chi connectivity index (χ4v) is 2.92. The lowest BCUT2D eigenvalue weighted by Gasteiger charge is -2.15. The number of halogens is 1. The van der Waals surface area contributed by atoms with E-state index in [1.54, 1.807) is 18.5 Å². The molecule has 1 atom stereocenters. The van der Waals surface area contributed by atoms with E-state index in [0.717, 1.165) is 11.1 Å². The fourth-order valence-electron chi connectivity index (χ4n) is 2.92. The minimum atomic E-state index is -0.723. The van der Waals surface area contributed by atoms with Crippen LogP contribution in [0.4, 0.5) is 15.0 Å². The second-order valence-corrected chi connectivity index (χ2v) is 6.62. The lowest BCUT2D eigenvalue weighted by molar-refractivity contribution is 0.249. The number of carbonyl (C=O) groups is 1. The number of hydrogen-bond donors (Lipinski definition) is 3. The average Bonchev–Trinajstić information content (AvgIpc) is 3.19. The molecule has 1 unspecified atom stereocenters. The van der Waals surface area contributed by atoms with Crippen molar-refractivity contribution in [1.29, 1.82) is 0 Å². The number of H-pyrrole nitrogens is 1. The third-order valence-electron chi connectivity index (χ3n) is 4.50. The highest BCUT2D eigenvalue weighted by Crippen LogP contribution is 2.27. The molecule has 3 aromatic heterocycles. The summed E-state index contributed by atoms with van der Waals surface area (Å²) in [7, 11) is 0. The van der Waals surface area contributed by atoms with Crippen LogP contribution in [0.25, 0.3) is 10.9 Å². The van der Waals surface area contributed by atoms with Crippen LogP contribution in [-0.4, -0.2) is 26.2 Å². The second-order valence-electron chi connectivity index (χ2n) is 6.62. The molecule has 4 rings (SSSR count). The van der Waals surface area contributed by atoms with E-state index < -0.39 is 11.8 Å². The molecule has 0 aliphatic heterocycles. The molecule has 1 aromatic carbocycles. The predicted octanol–water partition coefficient (Wildman–Crippen LogP) is 3.95. The van der Waals surface area contributed by atoms with Gasteiger partial charge in [0.05, 0.1) is 11.4 Å². The van der Waals surface area contributed by atoms with Gasteiger partial charge in [-0.3, -0.25) is 15.4 Å². The van der Waals surface area contributed by atoms with Crippen LogP contribution in [-0.2, 0) is 6.61 Å². The van der Waals surface area contributed by atoms with Gasteiger partial charge in [-0.2, -0.15) is 0 Å². The van der Waals surface area contributed by atoms with Crippen molar-refractivity contribution in [3.05, 3.63) is 78.0 Å². The Hall–Kier alpha value is -4.01. The van der Waals surface area contributed by atoms with Crippen LogP contribution in [0.15, 0.2) is 61.1 Å². The van der Waals surface area contributed by atoms with E-state index in [-0.39, 0.29) is 29.9 Å². The first-order chi connectivity index (χ1) is 14.6. The van der Waals surface area contributed by atoms with Crippen LogP contribution in [0, 0.1) is 5.82 Å². The summed E-state index contributed by atoms with van der Waals surface area (Å²) in [6.45, 7) is 2.07. The quantitative estimate of drug-likeness (QED) is 0.450. The first kappa shape index (κ1) is 19.3. The van der Waals surface area contributed by atoms with Gasteiger partial charge in [-0.1, -0.05) is 36.4 Å². The van der Waals surface area contributed by atoms with E-state index >= 15 is 0 Å². The Bertz CT molecular complexity index is 1150. The third kappa shape index (κ3) is 4.19. The number of fused-ring (bicyclic) bond motifs is 1. The van der Waals surface area contributed by atoms with Crippen molar-refractivity contribution in [3.63, 3.8) is 0 Å². The average molecular weight is 406 g/mol. The maximum atomic E-state index is 14.8. The summed E-state index contributed by atoms with van der Waals surface area (Å²) in [5.41, 5.74) is 1.88. The number of aromatic amines is 1. The Morgan fingerprint density at radius 3 is 2.80 bits per heavy atom. The van der Waals surface area contributed by atoms with Crippen LogP contribution in [0.2, 0.25) is 0 Å². The Kier molecular flexibility index (Phi) is 5.51.